The molecule has 0 aliphatic rings. The highest BCUT2D eigenvalue weighted by atomic mass is 15.0. The molecule has 0 saturated heterocycles. The average molecular weight is 326 g/mol. The Morgan fingerprint density at radius 3 is 2.24 bits per heavy atom. The number of rotatable bonds is 2. The number of hydrogen-bond donors (Lipinski definition) is 2. The van der Waals surface area contributed by atoms with Gasteiger partial charge in [-0.25, -0.2) is 4.98 Å². The first-order valence-corrected chi connectivity index (χ1v) is 8.11. The monoisotopic (exact) mass is 326 g/mol. The van der Waals surface area contributed by atoms with Gasteiger partial charge in [-0.3, -0.25) is 0 Å². The number of fused-ring (bicyclic) bond motifs is 1. The van der Waals surface area contributed by atoms with Crippen LogP contribution in [0.1, 0.15) is 5.56 Å². The van der Waals surface area contributed by atoms with Gasteiger partial charge >= 0.3 is 0 Å². The first-order chi connectivity index (χ1) is 12.1. The topological polar surface area (TPSA) is 77.8 Å². The van der Waals surface area contributed by atoms with Crippen molar-refractivity contribution >= 4 is 22.7 Å². The SMILES string of the molecule is Cc1c(-c2cccc(-c3ccccc3)c2)ccc2nc(N)nc(N)c12. The third-order valence-corrected chi connectivity index (χ3v) is 4.45. The van der Waals surface area contributed by atoms with Gasteiger partial charge in [0.2, 0.25) is 5.95 Å². The summed E-state index contributed by atoms with van der Waals surface area (Å²) < 4.78 is 0. The molecular weight excluding hydrogens is 308 g/mol. The highest BCUT2D eigenvalue weighted by molar-refractivity contribution is 5.96. The van der Waals surface area contributed by atoms with E-state index in [4.69, 9.17) is 11.5 Å². The molecule has 1 heterocycles. The molecule has 0 saturated carbocycles. The zero-order valence-corrected chi connectivity index (χ0v) is 13.9. The zero-order valence-electron chi connectivity index (χ0n) is 13.9. The van der Waals surface area contributed by atoms with Gasteiger partial charge in [0.25, 0.3) is 0 Å². The fourth-order valence-electron chi connectivity index (χ4n) is 3.25. The minimum atomic E-state index is 0.197. The largest absolute Gasteiger partial charge is 0.383 e. The Balaban J connectivity index is 1.90. The molecule has 4 rings (SSSR count). The lowest BCUT2D eigenvalue weighted by Crippen LogP contribution is -2.02. The second-order valence-corrected chi connectivity index (χ2v) is 6.05. The Kier molecular flexibility index (Phi) is 3.58. The number of aryl methyl sites for hydroxylation is 1. The van der Waals surface area contributed by atoms with Gasteiger partial charge in [-0.05, 0) is 46.9 Å². The average Bonchev–Trinajstić information content (AvgIpc) is 2.62. The molecule has 0 radical (unpaired) electrons. The van der Waals surface area contributed by atoms with E-state index in [1.165, 1.54) is 11.1 Å². The number of hydrogen-bond acceptors (Lipinski definition) is 4. The van der Waals surface area contributed by atoms with E-state index >= 15 is 0 Å². The first-order valence-electron chi connectivity index (χ1n) is 8.11. The fourth-order valence-corrected chi connectivity index (χ4v) is 3.25. The molecule has 4 aromatic rings. The number of aromatic nitrogens is 2. The van der Waals surface area contributed by atoms with Crippen molar-refractivity contribution in [1.29, 1.82) is 0 Å². The molecule has 122 valence electrons. The smallest absolute Gasteiger partial charge is 0.222 e. The van der Waals surface area contributed by atoms with Gasteiger partial charge in [0.15, 0.2) is 0 Å². The van der Waals surface area contributed by atoms with E-state index in [2.05, 4.69) is 52.4 Å². The van der Waals surface area contributed by atoms with E-state index < -0.39 is 0 Å². The van der Waals surface area contributed by atoms with Crippen molar-refractivity contribution < 1.29 is 0 Å². The van der Waals surface area contributed by atoms with E-state index in [-0.39, 0.29) is 5.95 Å². The quantitative estimate of drug-likeness (QED) is 0.571. The number of benzene rings is 3. The molecule has 4 heteroatoms. The highest BCUT2D eigenvalue weighted by Crippen LogP contribution is 2.33. The molecular formula is C21H18N4. The second kappa shape index (κ2) is 5.91. The summed E-state index contributed by atoms with van der Waals surface area (Å²) in [7, 11) is 0. The van der Waals surface area contributed by atoms with Crippen LogP contribution >= 0.6 is 0 Å². The van der Waals surface area contributed by atoms with Gasteiger partial charge in [0.05, 0.1) is 5.52 Å². The van der Waals surface area contributed by atoms with Crippen LogP contribution in [0.15, 0.2) is 66.7 Å². The van der Waals surface area contributed by atoms with Gasteiger partial charge in [-0.2, -0.15) is 4.98 Å². The summed E-state index contributed by atoms with van der Waals surface area (Å²) in [6.45, 7) is 2.04. The number of anilines is 2. The Hall–Kier alpha value is -3.40. The summed E-state index contributed by atoms with van der Waals surface area (Å²) in [4.78, 5) is 8.39. The fraction of sp³-hybridized carbons (Fsp3) is 0.0476. The summed E-state index contributed by atoms with van der Waals surface area (Å²) >= 11 is 0. The van der Waals surface area contributed by atoms with Crippen LogP contribution < -0.4 is 11.5 Å². The normalized spacial score (nSPS) is 10.9. The molecule has 0 spiro atoms. The lowest BCUT2D eigenvalue weighted by atomic mass is 9.94. The van der Waals surface area contributed by atoms with E-state index in [0.717, 1.165) is 27.6 Å². The molecule has 0 aliphatic heterocycles. The predicted octanol–water partition coefficient (Wildman–Crippen LogP) is 4.44. The summed E-state index contributed by atoms with van der Waals surface area (Å²) in [5.41, 5.74) is 18.3. The summed E-state index contributed by atoms with van der Waals surface area (Å²) in [5.74, 6) is 0.615. The molecule has 1 aromatic heterocycles. The van der Waals surface area contributed by atoms with Crippen LogP contribution in [0.4, 0.5) is 11.8 Å². The molecule has 0 atom stereocenters. The summed E-state index contributed by atoms with van der Waals surface area (Å²) in [6, 6.07) is 22.8. The maximum absolute atomic E-state index is 6.09. The van der Waals surface area contributed by atoms with Gasteiger partial charge in [-0.15, -0.1) is 0 Å². The van der Waals surface area contributed by atoms with Crippen LogP contribution in [0.25, 0.3) is 33.2 Å². The van der Waals surface area contributed by atoms with Gasteiger partial charge in [-0.1, -0.05) is 54.6 Å². The molecule has 3 aromatic carbocycles. The van der Waals surface area contributed by atoms with Gasteiger partial charge in [0, 0.05) is 5.39 Å². The van der Waals surface area contributed by atoms with Crippen molar-refractivity contribution in [3.8, 4) is 22.3 Å². The molecule has 4 nitrogen and oxygen atoms in total. The lowest BCUT2D eigenvalue weighted by molar-refractivity contribution is 1.24. The van der Waals surface area contributed by atoms with Gasteiger partial charge < -0.3 is 11.5 Å². The second-order valence-electron chi connectivity index (χ2n) is 6.05. The van der Waals surface area contributed by atoms with Crippen molar-refractivity contribution in [2.75, 3.05) is 11.5 Å². The maximum Gasteiger partial charge on any atom is 0.222 e. The van der Waals surface area contributed by atoms with E-state index in [0.29, 0.717) is 5.82 Å². The summed E-state index contributed by atoms with van der Waals surface area (Å²) in [5, 5.41) is 0.858. The zero-order chi connectivity index (χ0) is 17.4. The number of nitrogens with two attached hydrogens (primary N) is 2. The van der Waals surface area contributed by atoms with Crippen LogP contribution in [-0.4, -0.2) is 9.97 Å². The van der Waals surface area contributed by atoms with Crippen LogP contribution in [-0.2, 0) is 0 Å². The molecule has 0 fully saturated rings. The van der Waals surface area contributed by atoms with Crippen molar-refractivity contribution in [2.24, 2.45) is 0 Å². The predicted molar refractivity (Wildman–Crippen MR) is 104 cm³/mol. The Morgan fingerprint density at radius 1 is 0.720 bits per heavy atom. The van der Waals surface area contributed by atoms with Crippen molar-refractivity contribution in [2.45, 2.75) is 6.92 Å². The Labute approximate surface area is 146 Å². The maximum atomic E-state index is 6.09. The molecule has 0 unspecified atom stereocenters. The van der Waals surface area contributed by atoms with E-state index in [1.54, 1.807) is 0 Å². The van der Waals surface area contributed by atoms with Crippen molar-refractivity contribution in [1.82, 2.24) is 9.97 Å². The van der Waals surface area contributed by atoms with E-state index in [1.807, 2.05) is 31.2 Å². The first kappa shape index (κ1) is 15.1. The van der Waals surface area contributed by atoms with Crippen LogP contribution in [0.5, 0.6) is 0 Å². The Morgan fingerprint density at radius 2 is 1.44 bits per heavy atom. The lowest BCUT2D eigenvalue weighted by Gasteiger charge is -2.12. The molecule has 4 N–H and O–H groups in total. The Bertz CT molecular complexity index is 1070. The third-order valence-electron chi connectivity index (χ3n) is 4.45. The number of nitrogens with zero attached hydrogens (tertiary/aromatic N) is 2. The van der Waals surface area contributed by atoms with Crippen LogP contribution in [0.2, 0.25) is 0 Å². The standard InChI is InChI=1S/C21H18N4/c1-13-17(10-11-18-19(13)20(22)25-21(23)24-18)16-9-5-8-15(12-16)14-6-3-2-4-7-14/h2-12H,1H3,(H4,22,23,24,25). The third kappa shape index (κ3) is 2.68. The highest BCUT2D eigenvalue weighted by Gasteiger charge is 2.11. The van der Waals surface area contributed by atoms with Crippen molar-refractivity contribution in [3.63, 3.8) is 0 Å². The summed E-state index contributed by atoms with van der Waals surface area (Å²) in [6.07, 6.45) is 0. The molecule has 0 amide bonds. The minimum absolute atomic E-state index is 0.197. The molecule has 0 bridgehead atoms. The van der Waals surface area contributed by atoms with Gasteiger partial charge in [0.1, 0.15) is 5.82 Å². The van der Waals surface area contributed by atoms with E-state index in [9.17, 15) is 0 Å². The number of nitrogen functional groups attached to an aromatic ring is 2. The molecule has 25 heavy (non-hydrogen) atoms. The van der Waals surface area contributed by atoms with Crippen LogP contribution in [0, 0.1) is 6.92 Å². The molecule has 0 aliphatic carbocycles. The van der Waals surface area contributed by atoms with Crippen LogP contribution in [0.3, 0.4) is 0 Å². The minimum Gasteiger partial charge on any atom is -0.383 e. The van der Waals surface area contributed by atoms with Crippen molar-refractivity contribution in [3.05, 3.63) is 72.3 Å².